The lowest BCUT2D eigenvalue weighted by Gasteiger charge is -2.27. The van der Waals surface area contributed by atoms with Crippen LogP contribution in [0.25, 0.3) is 5.57 Å². The van der Waals surface area contributed by atoms with Crippen LogP contribution in [-0.4, -0.2) is 42.9 Å². The number of carbonyl (C=O) groups is 2. The number of ether oxygens (including phenoxy) is 1. The first kappa shape index (κ1) is 16.9. The first-order chi connectivity index (χ1) is 11.5. The van der Waals surface area contributed by atoms with Gasteiger partial charge in [-0.15, -0.1) is 0 Å². The lowest BCUT2D eigenvalue weighted by Crippen LogP contribution is -2.42. The average molecular weight is 327 g/mol. The van der Waals surface area contributed by atoms with Crippen LogP contribution in [0.2, 0.25) is 0 Å². The third-order valence-electron chi connectivity index (χ3n) is 5.07. The second-order valence-electron chi connectivity index (χ2n) is 7.20. The van der Waals surface area contributed by atoms with Crippen LogP contribution in [0.3, 0.4) is 0 Å². The van der Waals surface area contributed by atoms with E-state index in [1.54, 1.807) is 0 Å². The molecule has 0 unspecified atom stereocenters. The van der Waals surface area contributed by atoms with Crippen LogP contribution in [0.15, 0.2) is 36.4 Å². The van der Waals surface area contributed by atoms with Gasteiger partial charge in [0.2, 0.25) is 0 Å². The van der Waals surface area contributed by atoms with Crippen molar-refractivity contribution < 1.29 is 14.3 Å². The molecule has 2 aliphatic rings. The molecule has 0 amide bonds. The first-order valence-electron chi connectivity index (χ1n) is 8.64. The van der Waals surface area contributed by atoms with Gasteiger partial charge >= 0.3 is 5.97 Å². The van der Waals surface area contributed by atoms with Crippen molar-refractivity contribution in [3.8, 4) is 0 Å². The van der Waals surface area contributed by atoms with Crippen LogP contribution in [-0.2, 0) is 14.3 Å². The molecule has 4 heteroatoms. The highest BCUT2D eigenvalue weighted by molar-refractivity contribution is 6.24. The normalized spacial score (nSPS) is 24.8. The predicted octanol–water partition coefficient (Wildman–Crippen LogP) is 2.79. The minimum Gasteiger partial charge on any atom is -0.468 e. The number of hydrogen-bond acceptors (Lipinski definition) is 4. The molecule has 3 atom stereocenters. The fourth-order valence-electron chi connectivity index (χ4n) is 3.89. The number of ketones is 1. The number of nitrogens with zero attached hydrogens (tertiary/aromatic N) is 1. The quantitative estimate of drug-likeness (QED) is 0.780. The van der Waals surface area contributed by atoms with Gasteiger partial charge in [0.25, 0.3) is 0 Å². The standard InChI is InChI=1S/C20H25NO3/c1-13(2)9-18(20(23)24-3)21-11-15-10-16(19(22)17(15)12-21)14-7-5-4-6-8-14/h4-8,10,13,15,17-18H,9,11-12H2,1-3H3/t15-,17+,18-/m0/s1. The van der Waals surface area contributed by atoms with Gasteiger partial charge in [0, 0.05) is 30.5 Å². The summed E-state index contributed by atoms with van der Waals surface area (Å²) >= 11 is 0. The van der Waals surface area contributed by atoms with Crippen LogP contribution < -0.4 is 0 Å². The van der Waals surface area contributed by atoms with E-state index >= 15 is 0 Å². The summed E-state index contributed by atoms with van der Waals surface area (Å²) in [5, 5.41) is 0. The molecular weight excluding hydrogens is 302 g/mol. The molecule has 0 spiro atoms. The van der Waals surface area contributed by atoms with E-state index in [4.69, 9.17) is 4.74 Å². The highest BCUT2D eigenvalue weighted by Crippen LogP contribution is 2.39. The molecule has 0 radical (unpaired) electrons. The summed E-state index contributed by atoms with van der Waals surface area (Å²) in [5.41, 5.74) is 1.83. The first-order valence-corrected chi connectivity index (χ1v) is 8.64. The fourth-order valence-corrected chi connectivity index (χ4v) is 3.89. The van der Waals surface area contributed by atoms with E-state index in [1.165, 1.54) is 7.11 Å². The third-order valence-corrected chi connectivity index (χ3v) is 5.07. The molecule has 0 saturated carbocycles. The predicted molar refractivity (Wildman–Crippen MR) is 93.2 cm³/mol. The Morgan fingerprint density at radius 1 is 1.25 bits per heavy atom. The molecule has 1 heterocycles. The molecule has 1 aromatic rings. The molecule has 0 aromatic heterocycles. The van der Waals surface area contributed by atoms with Gasteiger partial charge in [0.15, 0.2) is 5.78 Å². The van der Waals surface area contributed by atoms with Crippen LogP contribution in [0.1, 0.15) is 25.8 Å². The van der Waals surface area contributed by atoms with Crippen molar-refractivity contribution in [2.24, 2.45) is 17.8 Å². The van der Waals surface area contributed by atoms with Gasteiger partial charge in [0.05, 0.1) is 7.11 Å². The van der Waals surface area contributed by atoms with Crippen LogP contribution in [0, 0.1) is 17.8 Å². The molecule has 1 fully saturated rings. The van der Waals surface area contributed by atoms with E-state index in [2.05, 4.69) is 24.8 Å². The van der Waals surface area contributed by atoms with E-state index in [0.29, 0.717) is 12.5 Å². The number of carbonyl (C=O) groups excluding carboxylic acids is 2. The zero-order valence-electron chi connectivity index (χ0n) is 14.6. The highest BCUT2D eigenvalue weighted by atomic mass is 16.5. The summed E-state index contributed by atoms with van der Waals surface area (Å²) in [4.78, 5) is 27.1. The van der Waals surface area contributed by atoms with Gasteiger partial charge in [-0.3, -0.25) is 14.5 Å². The molecule has 3 rings (SSSR count). The summed E-state index contributed by atoms with van der Waals surface area (Å²) < 4.78 is 4.98. The minimum absolute atomic E-state index is 0.0282. The smallest absolute Gasteiger partial charge is 0.323 e. The average Bonchev–Trinajstić information content (AvgIpc) is 3.12. The Morgan fingerprint density at radius 3 is 2.54 bits per heavy atom. The number of benzene rings is 1. The number of likely N-dealkylation sites (tertiary alicyclic amines) is 1. The largest absolute Gasteiger partial charge is 0.468 e. The maximum absolute atomic E-state index is 12.8. The molecule has 1 aliphatic heterocycles. The van der Waals surface area contributed by atoms with Gasteiger partial charge in [-0.05, 0) is 17.9 Å². The summed E-state index contributed by atoms with van der Waals surface area (Å²) in [6, 6.07) is 9.59. The Bertz CT molecular complexity index is 650. The zero-order chi connectivity index (χ0) is 17.3. The summed E-state index contributed by atoms with van der Waals surface area (Å²) in [6.07, 6.45) is 2.86. The summed E-state index contributed by atoms with van der Waals surface area (Å²) in [6.45, 7) is 5.60. The Labute approximate surface area is 143 Å². The Balaban J connectivity index is 1.77. The van der Waals surface area contributed by atoms with E-state index in [9.17, 15) is 9.59 Å². The van der Waals surface area contributed by atoms with E-state index in [1.807, 2.05) is 30.3 Å². The zero-order valence-corrected chi connectivity index (χ0v) is 14.6. The van der Waals surface area contributed by atoms with Crippen LogP contribution >= 0.6 is 0 Å². The Hall–Kier alpha value is -1.94. The molecule has 1 aliphatic carbocycles. The van der Waals surface area contributed by atoms with Crippen LogP contribution in [0.5, 0.6) is 0 Å². The maximum Gasteiger partial charge on any atom is 0.323 e. The third kappa shape index (κ3) is 3.16. The van der Waals surface area contributed by atoms with E-state index < -0.39 is 0 Å². The SMILES string of the molecule is COC(=O)[C@H](CC(C)C)N1C[C@@H]2C=C(c3ccccc3)C(=O)[C@@H]2C1. The summed E-state index contributed by atoms with van der Waals surface area (Å²) in [5.74, 6) is 0.595. The van der Waals surface area contributed by atoms with Gasteiger partial charge in [0.1, 0.15) is 6.04 Å². The summed E-state index contributed by atoms with van der Waals surface area (Å²) in [7, 11) is 1.44. The maximum atomic E-state index is 12.8. The topological polar surface area (TPSA) is 46.6 Å². The van der Waals surface area contributed by atoms with Crippen molar-refractivity contribution in [2.45, 2.75) is 26.3 Å². The number of esters is 1. The van der Waals surface area contributed by atoms with Crippen molar-refractivity contribution in [1.82, 2.24) is 4.90 Å². The Morgan fingerprint density at radius 2 is 1.96 bits per heavy atom. The number of methoxy groups -OCH3 is 1. The lowest BCUT2D eigenvalue weighted by molar-refractivity contribution is -0.147. The number of Topliss-reactive ketones (excluding diaryl/α,β-unsaturated/α-hetero) is 1. The van der Waals surface area contributed by atoms with E-state index in [0.717, 1.165) is 24.1 Å². The van der Waals surface area contributed by atoms with Gasteiger partial charge < -0.3 is 4.74 Å². The second kappa shape index (κ2) is 6.89. The molecule has 24 heavy (non-hydrogen) atoms. The van der Waals surface area contributed by atoms with Gasteiger partial charge in [-0.2, -0.15) is 0 Å². The van der Waals surface area contributed by atoms with Crippen molar-refractivity contribution in [3.63, 3.8) is 0 Å². The molecular formula is C20H25NO3. The van der Waals surface area contributed by atoms with Crippen molar-refractivity contribution in [3.05, 3.63) is 42.0 Å². The monoisotopic (exact) mass is 327 g/mol. The molecule has 0 bridgehead atoms. The number of allylic oxidation sites excluding steroid dienone is 1. The molecule has 128 valence electrons. The van der Waals surface area contributed by atoms with Crippen LogP contribution in [0.4, 0.5) is 0 Å². The minimum atomic E-state index is -0.248. The van der Waals surface area contributed by atoms with Gasteiger partial charge in [-0.25, -0.2) is 0 Å². The molecule has 1 saturated heterocycles. The molecule has 1 aromatic carbocycles. The number of hydrogen-bond donors (Lipinski definition) is 0. The highest BCUT2D eigenvalue weighted by Gasteiger charge is 2.45. The molecule has 4 nitrogen and oxygen atoms in total. The van der Waals surface area contributed by atoms with Crippen molar-refractivity contribution in [1.29, 1.82) is 0 Å². The lowest BCUT2D eigenvalue weighted by atomic mass is 9.97. The van der Waals surface area contributed by atoms with Gasteiger partial charge in [-0.1, -0.05) is 50.3 Å². The number of fused-ring (bicyclic) bond motifs is 1. The Kier molecular flexibility index (Phi) is 4.86. The second-order valence-corrected chi connectivity index (χ2v) is 7.20. The fraction of sp³-hybridized carbons (Fsp3) is 0.500. The number of rotatable bonds is 5. The molecule has 0 N–H and O–H groups in total. The van der Waals surface area contributed by atoms with Crippen molar-refractivity contribution in [2.75, 3.05) is 20.2 Å². The van der Waals surface area contributed by atoms with E-state index in [-0.39, 0.29) is 29.6 Å². The van der Waals surface area contributed by atoms with Crippen molar-refractivity contribution >= 4 is 17.3 Å².